The zero-order valence-electron chi connectivity index (χ0n) is 15.4. The first-order valence-electron chi connectivity index (χ1n) is 8.30. The van der Waals surface area contributed by atoms with E-state index in [1.165, 1.54) is 6.07 Å². The third-order valence-corrected chi connectivity index (χ3v) is 7.29. The van der Waals surface area contributed by atoms with Crippen LogP contribution in [-0.4, -0.2) is 31.7 Å². The molecule has 11 heteroatoms. The summed E-state index contributed by atoms with van der Waals surface area (Å²) in [5, 5.41) is -0.831. The van der Waals surface area contributed by atoms with E-state index < -0.39 is 20.4 Å². The molecule has 0 amide bonds. The molecule has 0 bridgehead atoms. The van der Waals surface area contributed by atoms with Crippen molar-refractivity contribution in [3.8, 4) is 0 Å². The molecule has 0 aliphatic heterocycles. The minimum Gasteiger partial charge on any atom is -0.456 e. The quantitative estimate of drug-likeness (QED) is 0.311. The van der Waals surface area contributed by atoms with Gasteiger partial charge in [0.05, 0.1) is 32.6 Å². The average Bonchev–Trinajstić information content (AvgIpc) is 2.90. The summed E-state index contributed by atoms with van der Waals surface area (Å²) >= 11 is 5.48. The zero-order chi connectivity index (χ0) is 19.8. The summed E-state index contributed by atoms with van der Waals surface area (Å²) in [5.41, 5.74) is 0.346. The third kappa shape index (κ3) is 6.93. The van der Waals surface area contributed by atoms with Crippen molar-refractivity contribution >= 4 is 32.0 Å². The van der Waals surface area contributed by atoms with Gasteiger partial charge in [-0.05, 0) is 45.4 Å². The fraction of sp³-hybridized carbons (Fsp3) is 0.667. The lowest BCUT2D eigenvalue weighted by molar-refractivity contribution is 0.105. The highest BCUT2D eigenvalue weighted by Gasteiger charge is 2.33. The Morgan fingerprint density at radius 1 is 0.923 bits per heavy atom. The van der Waals surface area contributed by atoms with E-state index >= 15 is 0 Å². The van der Waals surface area contributed by atoms with Gasteiger partial charge in [-0.1, -0.05) is 0 Å². The number of hydrogen-bond donors (Lipinski definition) is 0. The molecular formula is C15H25ClO8P2. The van der Waals surface area contributed by atoms with Crippen LogP contribution in [0.3, 0.4) is 0 Å². The number of halogens is 1. The predicted octanol–water partition coefficient (Wildman–Crippen LogP) is 5.19. The molecule has 0 aliphatic rings. The molecule has 0 fully saturated rings. The van der Waals surface area contributed by atoms with Gasteiger partial charge in [-0.25, -0.2) is 0 Å². The molecular weight excluding hydrogens is 406 g/mol. The molecule has 1 heterocycles. The molecule has 26 heavy (non-hydrogen) atoms. The third-order valence-electron chi connectivity index (χ3n) is 3.09. The molecule has 8 nitrogen and oxygen atoms in total. The molecule has 0 spiro atoms. The van der Waals surface area contributed by atoms with Gasteiger partial charge in [0.2, 0.25) is 0 Å². The van der Waals surface area contributed by atoms with Crippen LogP contribution in [0.5, 0.6) is 0 Å². The lowest BCUT2D eigenvalue weighted by atomic mass is 10.3. The molecule has 0 unspecified atom stereocenters. The fourth-order valence-corrected chi connectivity index (χ4v) is 5.74. The molecule has 0 aliphatic carbocycles. The highest BCUT2D eigenvalue weighted by molar-refractivity contribution is 7.53. The summed E-state index contributed by atoms with van der Waals surface area (Å²) < 4.78 is 52.0. The Bertz CT molecular complexity index is 618. The van der Waals surface area contributed by atoms with Gasteiger partial charge in [-0.15, -0.1) is 0 Å². The maximum absolute atomic E-state index is 12.8. The molecule has 0 atom stereocenters. The van der Waals surface area contributed by atoms with E-state index in [1.807, 2.05) is 0 Å². The van der Waals surface area contributed by atoms with Gasteiger partial charge in [0.15, 0.2) is 5.76 Å². The lowest BCUT2D eigenvalue weighted by Crippen LogP contribution is -2.02. The Morgan fingerprint density at radius 3 is 1.73 bits per heavy atom. The van der Waals surface area contributed by atoms with Crippen molar-refractivity contribution in [2.75, 3.05) is 26.4 Å². The number of hydrogen-bond acceptors (Lipinski definition) is 8. The number of carbonyl (C=O) groups is 1. The molecule has 1 aromatic heterocycles. The first-order chi connectivity index (χ1) is 12.2. The Labute approximate surface area is 158 Å². The molecule has 1 aromatic rings. The van der Waals surface area contributed by atoms with Crippen molar-refractivity contribution in [1.82, 2.24) is 0 Å². The Kier molecular flexibility index (Phi) is 9.76. The van der Waals surface area contributed by atoms with Crippen LogP contribution in [-0.2, 0) is 39.5 Å². The first-order valence-corrected chi connectivity index (χ1v) is 12.1. The monoisotopic (exact) mass is 430 g/mol. The minimum absolute atomic E-state index is 0.138. The molecule has 0 aromatic carbocycles. The normalized spacial score (nSPS) is 12.5. The van der Waals surface area contributed by atoms with E-state index in [9.17, 15) is 13.9 Å². The van der Waals surface area contributed by atoms with Gasteiger partial charge in [0.25, 0.3) is 5.24 Å². The number of furan rings is 1. The second-order valence-electron chi connectivity index (χ2n) is 5.04. The molecule has 0 saturated carbocycles. The highest BCUT2D eigenvalue weighted by atomic mass is 35.5. The first kappa shape index (κ1) is 23.6. The molecule has 0 N–H and O–H groups in total. The van der Waals surface area contributed by atoms with Crippen LogP contribution in [0, 0.1) is 0 Å². The van der Waals surface area contributed by atoms with Crippen LogP contribution in [0.15, 0.2) is 10.5 Å². The van der Waals surface area contributed by atoms with E-state index in [2.05, 4.69) is 0 Å². The molecule has 150 valence electrons. The second kappa shape index (κ2) is 10.8. The van der Waals surface area contributed by atoms with Crippen LogP contribution < -0.4 is 0 Å². The predicted molar refractivity (Wildman–Crippen MR) is 98.0 cm³/mol. The molecule has 0 radical (unpaired) electrons. The van der Waals surface area contributed by atoms with E-state index in [-0.39, 0.29) is 50.3 Å². The summed E-state index contributed by atoms with van der Waals surface area (Å²) in [7, 11) is -6.97. The SMILES string of the molecule is CCOP(=O)(Cc1cc(C(=O)Cl)oc1CP(=O)(OCC)OCC)OCC. The summed E-state index contributed by atoms with van der Waals surface area (Å²) in [4.78, 5) is 11.5. The van der Waals surface area contributed by atoms with Crippen molar-refractivity contribution in [3.63, 3.8) is 0 Å². The zero-order valence-corrected chi connectivity index (χ0v) is 17.9. The van der Waals surface area contributed by atoms with Crippen LogP contribution in [0.25, 0.3) is 0 Å². The van der Waals surface area contributed by atoms with Crippen LogP contribution >= 0.6 is 26.8 Å². The van der Waals surface area contributed by atoms with Crippen molar-refractivity contribution in [3.05, 3.63) is 23.2 Å². The Morgan fingerprint density at radius 2 is 1.35 bits per heavy atom. The summed E-state index contributed by atoms with van der Waals surface area (Å²) in [6.45, 7) is 7.45. The molecule has 1 rings (SSSR count). The van der Waals surface area contributed by atoms with Gasteiger partial charge in [-0.3, -0.25) is 13.9 Å². The van der Waals surface area contributed by atoms with E-state index in [0.29, 0.717) is 5.56 Å². The minimum atomic E-state index is -3.50. The van der Waals surface area contributed by atoms with Crippen LogP contribution in [0.4, 0.5) is 0 Å². The maximum atomic E-state index is 12.8. The standard InChI is InChI=1S/C15H25ClO8P2/c1-5-20-25(18,21-6-2)10-12-9-13(15(16)17)24-14(12)11-26(19,22-7-3)23-8-4/h9H,5-8,10-11H2,1-4H3. The van der Waals surface area contributed by atoms with Crippen molar-refractivity contribution < 1.29 is 36.4 Å². The van der Waals surface area contributed by atoms with E-state index in [1.54, 1.807) is 27.7 Å². The second-order valence-corrected chi connectivity index (χ2v) is 9.49. The number of carbonyl (C=O) groups excluding carboxylic acids is 1. The highest BCUT2D eigenvalue weighted by Crippen LogP contribution is 2.55. The van der Waals surface area contributed by atoms with Gasteiger partial charge < -0.3 is 22.5 Å². The van der Waals surface area contributed by atoms with Gasteiger partial charge >= 0.3 is 15.2 Å². The summed E-state index contributed by atoms with van der Waals surface area (Å²) in [6, 6.07) is 1.34. The Balaban J connectivity index is 3.24. The van der Waals surface area contributed by atoms with E-state index in [4.69, 9.17) is 34.1 Å². The molecule has 0 saturated heterocycles. The fourth-order valence-electron chi connectivity index (χ4n) is 2.26. The van der Waals surface area contributed by atoms with Crippen LogP contribution in [0.2, 0.25) is 0 Å². The van der Waals surface area contributed by atoms with Crippen molar-refractivity contribution in [1.29, 1.82) is 0 Å². The Hall–Kier alpha value is -0.460. The van der Waals surface area contributed by atoms with Gasteiger partial charge in [0.1, 0.15) is 11.9 Å². The average molecular weight is 431 g/mol. The number of rotatable bonds is 13. The largest absolute Gasteiger partial charge is 0.456 e. The van der Waals surface area contributed by atoms with Crippen LogP contribution in [0.1, 0.15) is 49.6 Å². The lowest BCUT2D eigenvalue weighted by Gasteiger charge is -2.18. The van der Waals surface area contributed by atoms with Crippen molar-refractivity contribution in [2.45, 2.75) is 40.0 Å². The van der Waals surface area contributed by atoms with Gasteiger partial charge in [0, 0.05) is 5.56 Å². The smallest absolute Gasteiger partial charge is 0.338 e. The van der Waals surface area contributed by atoms with Gasteiger partial charge in [-0.2, -0.15) is 0 Å². The van der Waals surface area contributed by atoms with Crippen molar-refractivity contribution in [2.24, 2.45) is 0 Å². The maximum Gasteiger partial charge on any atom is 0.338 e. The summed E-state index contributed by atoms with van der Waals surface area (Å²) in [5.74, 6) is -0.0189. The summed E-state index contributed by atoms with van der Waals surface area (Å²) in [6.07, 6.45) is -0.387. The topological polar surface area (TPSA) is 101 Å². The van der Waals surface area contributed by atoms with E-state index in [0.717, 1.165) is 0 Å².